The predicted octanol–water partition coefficient (Wildman–Crippen LogP) is -1.47. The molecule has 0 heterocycles. The van der Waals surface area contributed by atoms with Crippen LogP contribution in [-0.2, 0) is 9.59 Å². The van der Waals surface area contributed by atoms with Gasteiger partial charge in [0.15, 0.2) is 0 Å². The lowest BCUT2D eigenvalue weighted by Crippen LogP contribution is -1.78. The highest BCUT2D eigenvalue weighted by atomic mass is 16.4. The van der Waals surface area contributed by atoms with Gasteiger partial charge in [0.2, 0.25) is 0 Å². The van der Waals surface area contributed by atoms with Gasteiger partial charge < -0.3 is 21.2 Å². The van der Waals surface area contributed by atoms with Gasteiger partial charge in [0.1, 0.15) is 0 Å². The fourth-order valence-electron chi connectivity index (χ4n) is 0. The van der Waals surface area contributed by atoms with Crippen LogP contribution in [0.5, 0.6) is 0 Å². The minimum absolute atomic E-state index is 0. The quantitative estimate of drug-likeness (QED) is 0.442. The highest BCUT2D eigenvalue weighted by Crippen LogP contribution is 1.42. The lowest BCUT2D eigenvalue weighted by atomic mass is 10.9. The van der Waals surface area contributed by atoms with E-state index in [0.717, 1.165) is 13.8 Å². The zero-order chi connectivity index (χ0) is 7.15. The van der Waals surface area contributed by atoms with Crippen molar-refractivity contribution in [1.82, 2.24) is 0 Å². The second-order valence-electron chi connectivity index (χ2n) is 1.04. The zero-order valence-corrected chi connectivity index (χ0v) is 5.71. The van der Waals surface area contributed by atoms with E-state index in [1.165, 1.54) is 0 Å². The molecule has 0 atom stereocenters. The Balaban J connectivity index is -0.0000000300. The molecule has 0 spiro atoms. The van der Waals surface area contributed by atoms with Crippen molar-refractivity contribution >= 4 is 11.9 Å². The number of hydrogen-bond donors (Lipinski definition) is 2. The SMILES string of the molecule is CC(=O)O.CC(=O)O.O.O. The molecule has 6 heteroatoms. The molecule has 0 amide bonds. The van der Waals surface area contributed by atoms with Gasteiger partial charge in [0, 0.05) is 13.8 Å². The van der Waals surface area contributed by atoms with Crippen LogP contribution in [0.4, 0.5) is 0 Å². The Morgan fingerprint density at radius 1 is 0.900 bits per heavy atom. The van der Waals surface area contributed by atoms with Gasteiger partial charge >= 0.3 is 0 Å². The Kier molecular flexibility index (Phi) is 36.3. The summed E-state index contributed by atoms with van der Waals surface area (Å²) < 4.78 is 0. The molecule has 0 unspecified atom stereocenters. The summed E-state index contributed by atoms with van der Waals surface area (Å²) in [6.45, 7) is 2.17. The first-order valence-corrected chi connectivity index (χ1v) is 1.86. The first-order valence-electron chi connectivity index (χ1n) is 1.86. The molecule has 0 aliphatic rings. The van der Waals surface area contributed by atoms with Crippen molar-refractivity contribution in [3.63, 3.8) is 0 Å². The topological polar surface area (TPSA) is 138 Å². The third-order valence-corrected chi connectivity index (χ3v) is 0. The van der Waals surface area contributed by atoms with E-state index in [4.69, 9.17) is 19.8 Å². The van der Waals surface area contributed by atoms with Crippen molar-refractivity contribution in [2.45, 2.75) is 13.8 Å². The number of carboxylic acid groups (broad SMARTS) is 2. The van der Waals surface area contributed by atoms with Crippen molar-refractivity contribution < 1.29 is 30.8 Å². The summed E-state index contributed by atoms with van der Waals surface area (Å²) in [5, 5.41) is 14.8. The highest BCUT2D eigenvalue weighted by molar-refractivity contribution is 5.63. The molecule has 0 saturated carbocycles. The van der Waals surface area contributed by atoms with Gasteiger partial charge in [0.05, 0.1) is 0 Å². The fourth-order valence-corrected chi connectivity index (χ4v) is 0. The third-order valence-electron chi connectivity index (χ3n) is 0. The summed E-state index contributed by atoms with van der Waals surface area (Å²) in [7, 11) is 0. The smallest absolute Gasteiger partial charge is 0.300 e. The average Bonchev–Trinajstić information content (AvgIpc) is 1.25. The van der Waals surface area contributed by atoms with E-state index in [9.17, 15) is 0 Å². The molecule has 0 aromatic heterocycles. The first kappa shape index (κ1) is 23.2. The fraction of sp³-hybridized carbons (Fsp3) is 0.500. The molecule has 0 saturated heterocycles. The summed E-state index contributed by atoms with van der Waals surface area (Å²) in [6.07, 6.45) is 0. The van der Waals surface area contributed by atoms with Crippen LogP contribution in [0.25, 0.3) is 0 Å². The van der Waals surface area contributed by atoms with E-state index in [2.05, 4.69) is 0 Å². The number of hydrogen-bond acceptors (Lipinski definition) is 2. The van der Waals surface area contributed by atoms with E-state index in [0.29, 0.717) is 0 Å². The summed E-state index contributed by atoms with van der Waals surface area (Å²) in [5.41, 5.74) is 0. The van der Waals surface area contributed by atoms with Crippen molar-refractivity contribution in [2.75, 3.05) is 0 Å². The second-order valence-corrected chi connectivity index (χ2v) is 1.04. The van der Waals surface area contributed by atoms with Crippen LogP contribution in [0.1, 0.15) is 13.8 Å². The Morgan fingerprint density at radius 3 is 0.900 bits per heavy atom. The van der Waals surface area contributed by atoms with Crippen molar-refractivity contribution in [1.29, 1.82) is 0 Å². The average molecular weight is 156 g/mol. The molecule has 64 valence electrons. The molecule has 0 aromatic carbocycles. The summed E-state index contributed by atoms with van der Waals surface area (Å²) in [6, 6.07) is 0. The third kappa shape index (κ3) is 181. The van der Waals surface area contributed by atoms with Gasteiger partial charge in [-0.3, -0.25) is 9.59 Å². The van der Waals surface area contributed by atoms with Crippen LogP contribution in [0.2, 0.25) is 0 Å². The second kappa shape index (κ2) is 15.7. The Bertz CT molecular complexity index is 67.7. The van der Waals surface area contributed by atoms with Gasteiger partial charge in [-0.15, -0.1) is 0 Å². The monoisotopic (exact) mass is 156 g/mol. The Hall–Kier alpha value is -1.14. The van der Waals surface area contributed by atoms with Crippen LogP contribution in [-0.4, -0.2) is 33.1 Å². The van der Waals surface area contributed by atoms with Gasteiger partial charge in [-0.05, 0) is 0 Å². The summed E-state index contributed by atoms with van der Waals surface area (Å²) in [5.74, 6) is -1.67. The first-order chi connectivity index (χ1) is 3.46. The molecule has 0 bridgehead atoms. The Labute approximate surface area is 57.7 Å². The molecule has 6 N–H and O–H groups in total. The summed E-state index contributed by atoms with van der Waals surface area (Å²) in [4.78, 5) is 18.0. The van der Waals surface area contributed by atoms with E-state index in [1.807, 2.05) is 0 Å². The van der Waals surface area contributed by atoms with Crippen LogP contribution in [0.3, 0.4) is 0 Å². The van der Waals surface area contributed by atoms with Crippen molar-refractivity contribution in [3.05, 3.63) is 0 Å². The molecule has 0 aliphatic carbocycles. The molecule has 0 aliphatic heterocycles. The molecule has 0 fully saturated rings. The highest BCUT2D eigenvalue weighted by Gasteiger charge is 1.65. The standard InChI is InChI=1S/2C2H4O2.2H2O/c2*1-2(3)4;;/h2*1H3,(H,3,4);2*1H2. The van der Waals surface area contributed by atoms with Gasteiger partial charge in [-0.25, -0.2) is 0 Å². The Morgan fingerprint density at radius 2 is 0.900 bits per heavy atom. The van der Waals surface area contributed by atoms with Gasteiger partial charge in [0.25, 0.3) is 11.9 Å². The number of rotatable bonds is 0. The lowest BCUT2D eigenvalue weighted by Gasteiger charge is -1.59. The number of aliphatic carboxylic acids is 2. The van der Waals surface area contributed by atoms with Crippen LogP contribution in [0, 0.1) is 0 Å². The minimum Gasteiger partial charge on any atom is -0.481 e. The van der Waals surface area contributed by atoms with Crippen LogP contribution < -0.4 is 0 Å². The molecule has 6 nitrogen and oxygen atoms in total. The molecule has 0 aromatic rings. The predicted molar refractivity (Wildman–Crippen MR) is 33.8 cm³/mol. The largest absolute Gasteiger partial charge is 0.481 e. The maximum absolute atomic E-state index is 9.00. The van der Waals surface area contributed by atoms with E-state index in [1.54, 1.807) is 0 Å². The maximum atomic E-state index is 9.00. The minimum atomic E-state index is -0.833. The molecular weight excluding hydrogens is 144 g/mol. The molecule has 10 heavy (non-hydrogen) atoms. The number of carboxylic acids is 2. The normalized spacial score (nSPS) is 5.00. The molecular formula is C4H12O6. The van der Waals surface area contributed by atoms with E-state index < -0.39 is 11.9 Å². The van der Waals surface area contributed by atoms with E-state index in [-0.39, 0.29) is 11.0 Å². The van der Waals surface area contributed by atoms with E-state index >= 15 is 0 Å². The molecule has 0 radical (unpaired) electrons. The van der Waals surface area contributed by atoms with Crippen LogP contribution >= 0.6 is 0 Å². The number of carbonyl (C=O) groups is 2. The lowest BCUT2D eigenvalue weighted by molar-refractivity contribution is -0.135. The van der Waals surface area contributed by atoms with Crippen molar-refractivity contribution in [2.24, 2.45) is 0 Å². The van der Waals surface area contributed by atoms with Gasteiger partial charge in [-0.1, -0.05) is 0 Å². The van der Waals surface area contributed by atoms with Crippen LogP contribution in [0.15, 0.2) is 0 Å². The zero-order valence-electron chi connectivity index (χ0n) is 5.71. The van der Waals surface area contributed by atoms with Gasteiger partial charge in [-0.2, -0.15) is 0 Å². The molecule has 0 rings (SSSR count). The summed E-state index contributed by atoms with van der Waals surface area (Å²) >= 11 is 0. The maximum Gasteiger partial charge on any atom is 0.300 e. The van der Waals surface area contributed by atoms with Crippen molar-refractivity contribution in [3.8, 4) is 0 Å².